The smallest absolute Gasteiger partial charge is 0.138 e. The van der Waals surface area contributed by atoms with Crippen LogP contribution >= 0.6 is 0 Å². The van der Waals surface area contributed by atoms with Crippen molar-refractivity contribution >= 4 is 0 Å². The Morgan fingerprint density at radius 1 is 1.35 bits per heavy atom. The van der Waals surface area contributed by atoms with E-state index in [0.717, 1.165) is 18.8 Å². The lowest BCUT2D eigenvalue weighted by molar-refractivity contribution is 0.235. The molecule has 1 saturated carbocycles. The molecule has 1 aliphatic carbocycles. The van der Waals surface area contributed by atoms with Gasteiger partial charge in [-0.2, -0.15) is 5.10 Å². The number of rotatable bonds is 4. The summed E-state index contributed by atoms with van der Waals surface area (Å²) in [6, 6.07) is 0.396. The highest BCUT2D eigenvalue weighted by Crippen LogP contribution is 2.31. The summed E-state index contributed by atoms with van der Waals surface area (Å²) >= 11 is 0. The van der Waals surface area contributed by atoms with Gasteiger partial charge in [0.25, 0.3) is 0 Å². The first-order valence-electron chi connectivity index (χ1n) is 6.80. The standard InChI is InChI=1S/C13H24N4/c1-10(2)17-13(15-9-16-17)7-11-5-3-4-6-12(11)8-14/h9-12H,3-8,14H2,1-2H3. The van der Waals surface area contributed by atoms with Crippen molar-refractivity contribution in [1.82, 2.24) is 14.8 Å². The van der Waals surface area contributed by atoms with Gasteiger partial charge in [0.05, 0.1) is 0 Å². The molecule has 1 fully saturated rings. The maximum absolute atomic E-state index is 5.88. The van der Waals surface area contributed by atoms with Crippen LogP contribution in [-0.4, -0.2) is 21.3 Å². The molecule has 1 heterocycles. The molecule has 0 aromatic carbocycles. The fourth-order valence-electron chi connectivity index (χ4n) is 2.95. The highest BCUT2D eigenvalue weighted by Gasteiger charge is 2.25. The molecule has 0 aliphatic heterocycles. The van der Waals surface area contributed by atoms with Crippen molar-refractivity contribution in [2.75, 3.05) is 6.54 Å². The van der Waals surface area contributed by atoms with E-state index in [1.54, 1.807) is 6.33 Å². The van der Waals surface area contributed by atoms with E-state index < -0.39 is 0 Å². The van der Waals surface area contributed by atoms with Crippen molar-refractivity contribution in [3.8, 4) is 0 Å². The number of hydrogen-bond donors (Lipinski definition) is 1. The molecule has 0 saturated heterocycles. The second-order valence-corrected chi connectivity index (χ2v) is 5.46. The lowest BCUT2D eigenvalue weighted by Gasteiger charge is -2.30. The van der Waals surface area contributed by atoms with E-state index >= 15 is 0 Å². The Kier molecular flexibility index (Phi) is 4.15. The van der Waals surface area contributed by atoms with Crippen LogP contribution in [0.4, 0.5) is 0 Å². The van der Waals surface area contributed by atoms with E-state index in [-0.39, 0.29) is 0 Å². The van der Waals surface area contributed by atoms with E-state index in [9.17, 15) is 0 Å². The Labute approximate surface area is 104 Å². The van der Waals surface area contributed by atoms with Crippen LogP contribution in [0.5, 0.6) is 0 Å². The SMILES string of the molecule is CC(C)n1ncnc1CC1CCCCC1CN. The first-order chi connectivity index (χ1) is 8.22. The van der Waals surface area contributed by atoms with Gasteiger partial charge in [0, 0.05) is 12.5 Å². The monoisotopic (exact) mass is 236 g/mol. The molecule has 1 aromatic rings. The quantitative estimate of drug-likeness (QED) is 0.871. The minimum Gasteiger partial charge on any atom is -0.330 e. The number of aromatic nitrogens is 3. The van der Waals surface area contributed by atoms with E-state index in [1.807, 2.05) is 4.68 Å². The van der Waals surface area contributed by atoms with Crippen molar-refractivity contribution in [2.45, 2.75) is 52.0 Å². The molecule has 2 atom stereocenters. The molecule has 96 valence electrons. The molecule has 2 N–H and O–H groups in total. The van der Waals surface area contributed by atoms with E-state index in [0.29, 0.717) is 17.9 Å². The molecule has 1 aliphatic rings. The maximum atomic E-state index is 5.88. The summed E-state index contributed by atoms with van der Waals surface area (Å²) in [6.45, 7) is 5.12. The zero-order valence-electron chi connectivity index (χ0n) is 11.0. The largest absolute Gasteiger partial charge is 0.330 e. The summed E-state index contributed by atoms with van der Waals surface area (Å²) in [5.74, 6) is 2.52. The first kappa shape index (κ1) is 12.6. The predicted octanol–water partition coefficient (Wildman–Crippen LogP) is 2.17. The summed E-state index contributed by atoms with van der Waals surface area (Å²) in [6.07, 6.45) is 7.99. The molecule has 2 rings (SSSR count). The van der Waals surface area contributed by atoms with Crippen LogP contribution < -0.4 is 5.73 Å². The highest BCUT2D eigenvalue weighted by molar-refractivity contribution is 4.92. The molecule has 0 spiro atoms. The molecular formula is C13H24N4. The molecular weight excluding hydrogens is 212 g/mol. The summed E-state index contributed by atoms with van der Waals surface area (Å²) in [5, 5.41) is 4.31. The topological polar surface area (TPSA) is 56.7 Å². The van der Waals surface area contributed by atoms with Gasteiger partial charge in [-0.1, -0.05) is 12.8 Å². The first-order valence-corrected chi connectivity index (χ1v) is 6.80. The summed E-state index contributed by atoms with van der Waals surface area (Å²) in [4.78, 5) is 4.41. The third-order valence-electron chi connectivity index (χ3n) is 3.95. The van der Waals surface area contributed by atoms with Gasteiger partial charge >= 0.3 is 0 Å². The van der Waals surface area contributed by atoms with Crippen molar-refractivity contribution in [3.05, 3.63) is 12.2 Å². The Balaban J connectivity index is 2.05. The van der Waals surface area contributed by atoms with E-state index in [2.05, 4.69) is 23.9 Å². The lowest BCUT2D eigenvalue weighted by Crippen LogP contribution is -2.29. The van der Waals surface area contributed by atoms with Crippen LogP contribution in [-0.2, 0) is 6.42 Å². The van der Waals surface area contributed by atoms with Crippen LogP contribution in [0, 0.1) is 11.8 Å². The molecule has 2 unspecified atom stereocenters. The average Bonchev–Trinajstić information content (AvgIpc) is 2.78. The number of nitrogens with two attached hydrogens (primary N) is 1. The van der Waals surface area contributed by atoms with Crippen LogP contribution in [0.3, 0.4) is 0 Å². The Hall–Kier alpha value is -0.900. The maximum Gasteiger partial charge on any atom is 0.138 e. The Morgan fingerprint density at radius 2 is 2.06 bits per heavy atom. The van der Waals surface area contributed by atoms with Gasteiger partial charge in [0.1, 0.15) is 12.2 Å². The second kappa shape index (κ2) is 5.63. The van der Waals surface area contributed by atoms with Crippen molar-refractivity contribution < 1.29 is 0 Å². The van der Waals surface area contributed by atoms with Crippen molar-refractivity contribution in [2.24, 2.45) is 17.6 Å². The molecule has 4 heteroatoms. The van der Waals surface area contributed by atoms with Gasteiger partial charge in [-0.05, 0) is 45.1 Å². The molecule has 0 radical (unpaired) electrons. The van der Waals surface area contributed by atoms with Gasteiger partial charge in [-0.15, -0.1) is 0 Å². The van der Waals surface area contributed by atoms with E-state index in [1.165, 1.54) is 25.7 Å². The molecule has 0 bridgehead atoms. The van der Waals surface area contributed by atoms with Gasteiger partial charge in [0.2, 0.25) is 0 Å². The third kappa shape index (κ3) is 2.86. The molecule has 0 amide bonds. The average molecular weight is 236 g/mol. The van der Waals surface area contributed by atoms with Gasteiger partial charge < -0.3 is 5.73 Å². The van der Waals surface area contributed by atoms with Gasteiger partial charge in [-0.3, -0.25) is 0 Å². The van der Waals surface area contributed by atoms with Gasteiger partial charge in [-0.25, -0.2) is 9.67 Å². The summed E-state index contributed by atoms with van der Waals surface area (Å²) in [7, 11) is 0. The van der Waals surface area contributed by atoms with Crippen molar-refractivity contribution in [3.63, 3.8) is 0 Å². The zero-order chi connectivity index (χ0) is 12.3. The minimum absolute atomic E-state index is 0.396. The van der Waals surface area contributed by atoms with Crippen LogP contribution in [0.25, 0.3) is 0 Å². The second-order valence-electron chi connectivity index (χ2n) is 5.46. The summed E-state index contributed by atoms with van der Waals surface area (Å²) < 4.78 is 2.04. The van der Waals surface area contributed by atoms with Crippen LogP contribution in [0.15, 0.2) is 6.33 Å². The Morgan fingerprint density at radius 3 is 2.71 bits per heavy atom. The third-order valence-corrected chi connectivity index (χ3v) is 3.95. The summed E-state index contributed by atoms with van der Waals surface area (Å²) in [5.41, 5.74) is 5.88. The zero-order valence-corrected chi connectivity index (χ0v) is 11.0. The normalized spacial score (nSPS) is 25.4. The fourth-order valence-corrected chi connectivity index (χ4v) is 2.95. The Bertz CT molecular complexity index is 345. The predicted molar refractivity (Wildman–Crippen MR) is 68.6 cm³/mol. The molecule has 4 nitrogen and oxygen atoms in total. The van der Waals surface area contributed by atoms with Crippen molar-refractivity contribution in [1.29, 1.82) is 0 Å². The van der Waals surface area contributed by atoms with E-state index in [4.69, 9.17) is 5.73 Å². The minimum atomic E-state index is 0.396. The fraction of sp³-hybridized carbons (Fsp3) is 0.846. The van der Waals surface area contributed by atoms with Gasteiger partial charge in [0.15, 0.2) is 0 Å². The molecule has 17 heavy (non-hydrogen) atoms. The number of hydrogen-bond acceptors (Lipinski definition) is 3. The number of nitrogens with zero attached hydrogens (tertiary/aromatic N) is 3. The van der Waals surface area contributed by atoms with Crippen LogP contribution in [0.1, 0.15) is 51.4 Å². The lowest BCUT2D eigenvalue weighted by atomic mass is 9.77. The highest BCUT2D eigenvalue weighted by atomic mass is 15.3. The molecule has 1 aromatic heterocycles. The van der Waals surface area contributed by atoms with Crippen LogP contribution in [0.2, 0.25) is 0 Å².